The van der Waals surface area contributed by atoms with Gasteiger partial charge in [0.25, 0.3) is 0 Å². The minimum Gasteiger partial charge on any atom is -0.481 e. The van der Waals surface area contributed by atoms with Crippen LogP contribution >= 0.6 is 36.2 Å². The summed E-state index contributed by atoms with van der Waals surface area (Å²) in [4.78, 5) is 29.2. The number of aliphatic carboxylic acids is 1. The third kappa shape index (κ3) is 4.77. The Hall–Kier alpha value is -1.11. The van der Waals surface area contributed by atoms with Crippen LogP contribution < -0.4 is 0 Å². The number of hydrogen-bond donors (Lipinski definition) is 1. The molecule has 1 atom stereocenters. The summed E-state index contributed by atoms with van der Waals surface area (Å²) in [5.74, 6) is -1.38. The first-order valence-corrected chi connectivity index (χ1v) is 6.50. The summed E-state index contributed by atoms with van der Waals surface area (Å²) in [5.41, 5.74) is 0. The lowest BCUT2D eigenvalue weighted by molar-refractivity contribution is -0.141. The van der Waals surface area contributed by atoms with E-state index in [4.69, 9.17) is 5.11 Å². The molecule has 0 bridgehead atoms. The summed E-state index contributed by atoms with van der Waals surface area (Å²) in [6, 6.07) is 0. The van der Waals surface area contributed by atoms with Gasteiger partial charge in [-0.1, -0.05) is 0 Å². The van der Waals surface area contributed by atoms with Crippen LogP contribution in [0.15, 0.2) is 12.3 Å². The molecule has 1 unspecified atom stereocenters. The number of aryl methyl sites for hydroxylation is 1. The highest BCUT2D eigenvalue weighted by Gasteiger charge is 2.29. The molecule has 8 heteroatoms. The molecule has 1 aliphatic heterocycles. The quantitative estimate of drug-likeness (QED) is 0.858. The fourth-order valence-corrected chi connectivity index (χ4v) is 2.56. The zero-order chi connectivity index (χ0) is 13.1. The van der Waals surface area contributed by atoms with Crippen molar-refractivity contribution in [3.8, 4) is 0 Å². The molecule has 1 aliphatic rings. The van der Waals surface area contributed by atoms with E-state index in [1.54, 1.807) is 17.2 Å². The number of nitrogens with zero attached hydrogens (tertiary/aromatic N) is 2. The van der Waals surface area contributed by atoms with E-state index in [2.05, 4.69) is 4.98 Å². The Morgan fingerprint density at radius 1 is 1.50 bits per heavy atom. The largest absolute Gasteiger partial charge is 0.481 e. The van der Waals surface area contributed by atoms with Crippen LogP contribution in [0, 0.1) is 12.8 Å². The van der Waals surface area contributed by atoms with E-state index in [0.29, 0.717) is 19.5 Å². The molecule has 0 saturated carbocycles. The van der Waals surface area contributed by atoms with Crippen molar-refractivity contribution in [2.45, 2.75) is 13.3 Å². The predicted molar refractivity (Wildman–Crippen MR) is 82.7 cm³/mol. The fraction of sp³-hybridized carbons (Fsp3) is 0.417. The van der Waals surface area contributed by atoms with Crippen molar-refractivity contribution in [1.82, 2.24) is 9.88 Å². The first kappa shape index (κ1) is 18.9. The van der Waals surface area contributed by atoms with Gasteiger partial charge in [0.15, 0.2) is 0 Å². The molecule has 0 aliphatic carbocycles. The highest BCUT2D eigenvalue weighted by Crippen LogP contribution is 2.18. The summed E-state index contributed by atoms with van der Waals surface area (Å²) < 4.78 is 0. The van der Waals surface area contributed by atoms with Gasteiger partial charge in [0.05, 0.1) is 10.9 Å². The smallest absolute Gasteiger partial charge is 0.308 e. The Kier molecular flexibility index (Phi) is 7.78. The average molecular weight is 339 g/mol. The molecule has 2 rings (SSSR count). The Morgan fingerprint density at radius 2 is 2.20 bits per heavy atom. The van der Waals surface area contributed by atoms with Crippen LogP contribution in [0.25, 0.3) is 6.08 Å². The molecule has 2 heterocycles. The van der Waals surface area contributed by atoms with E-state index in [1.807, 2.05) is 6.92 Å². The second kappa shape index (κ2) is 8.24. The van der Waals surface area contributed by atoms with Crippen molar-refractivity contribution in [2.75, 3.05) is 13.1 Å². The molecular formula is C12H16Cl2N2O3S. The Balaban J connectivity index is 0.00000180. The van der Waals surface area contributed by atoms with Gasteiger partial charge in [-0.05, 0) is 19.4 Å². The van der Waals surface area contributed by atoms with Gasteiger partial charge in [-0.15, -0.1) is 36.2 Å². The number of rotatable bonds is 3. The highest BCUT2D eigenvalue weighted by atomic mass is 35.5. The van der Waals surface area contributed by atoms with Gasteiger partial charge in [-0.2, -0.15) is 0 Å². The molecule has 5 nitrogen and oxygen atoms in total. The SMILES string of the molecule is Cc1ncc(/C=C/C(=O)N2CCC(C(=O)O)C2)s1.Cl.Cl. The number of likely N-dealkylation sites (tertiary alicyclic amines) is 1. The number of thiazole rings is 1. The molecule has 1 aromatic rings. The van der Waals surface area contributed by atoms with Gasteiger partial charge >= 0.3 is 5.97 Å². The number of carbonyl (C=O) groups is 2. The zero-order valence-corrected chi connectivity index (χ0v) is 13.3. The second-order valence-electron chi connectivity index (χ2n) is 4.22. The molecule has 0 radical (unpaired) electrons. The van der Waals surface area contributed by atoms with Gasteiger partial charge in [0, 0.05) is 30.2 Å². The Morgan fingerprint density at radius 3 is 2.70 bits per heavy atom. The van der Waals surface area contributed by atoms with E-state index in [9.17, 15) is 9.59 Å². The van der Waals surface area contributed by atoms with Gasteiger partial charge in [-0.3, -0.25) is 9.59 Å². The third-order valence-electron chi connectivity index (χ3n) is 2.88. The van der Waals surface area contributed by atoms with E-state index in [-0.39, 0.29) is 30.7 Å². The molecule has 1 saturated heterocycles. The number of amides is 1. The molecular weight excluding hydrogens is 323 g/mol. The van der Waals surface area contributed by atoms with Crippen molar-refractivity contribution in [1.29, 1.82) is 0 Å². The molecule has 1 N–H and O–H groups in total. The molecule has 112 valence electrons. The summed E-state index contributed by atoms with van der Waals surface area (Å²) in [7, 11) is 0. The number of carboxylic acids is 1. The lowest BCUT2D eigenvalue weighted by Crippen LogP contribution is -2.28. The second-order valence-corrected chi connectivity index (χ2v) is 5.49. The third-order valence-corrected chi connectivity index (χ3v) is 3.76. The normalized spacial score (nSPS) is 17.6. The topological polar surface area (TPSA) is 70.5 Å². The Labute approximate surface area is 133 Å². The van der Waals surface area contributed by atoms with Gasteiger partial charge in [-0.25, -0.2) is 4.98 Å². The summed E-state index contributed by atoms with van der Waals surface area (Å²) in [6.45, 7) is 2.73. The zero-order valence-electron chi connectivity index (χ0n) is 10.8. The molecule has 0 aromatic carbocycles. The van der Waals surface area contributed by atoms with Crippen LogP contribution in [0.2, 0.25) is 0 Å². The summed E-state index contributed by atoms with van der Waals surface area (Å²) >= 11 is 1.51. The standard InChI is InChI=1S/C12H14N2O3S.2ClH/c1-8-13-6-10(18-8)2-3-11(15)14-5-4-9(7-14)12(16)17;;/h2-3,6,9H,4-5,7H2,1H3,(H,16,17);2*1H/b3-2+;;. The number of halogens is 2. The number of carbonyl (C=O) groups excluding carboxylic acids is 1. The van der Waals surface area contributed by atoms with Gasteiger partial charge < -0.3 is 10.0 Å². The number of aromatic nitrogens is 1. The lowest BCUT2D eigenvalue weighted by atomic mass is 10.1. The summed E-state index contributed by atoms with van der Waals surface area (Å²) in [5, 5.41) is 9.81. The predicted octanol–water partition coefficient (Wildman–Crippen LogP) is 2.24. The maximum atomic E-state index is 11.8. The van der Waals surface area contributed by atoms with Crippen molar-refractivity contribution in [3.05, 3.63) is 22.2 Å². The maximum Gasteiger partial charge on any atom is 0.308 e. The maximum absolute atomic E-state index is 11.8. The van der Waals surface area contributed by atoms with Gasteiger partial charge in [0.1, 0.15) is 0 Å². The van der Waals surface area contributed by atoms with Gasteiger partial charge in [0.2, 0.25) is 5.91 Å². The van der Waals surface area contributed by atoms with Crippen molar-refractivity contribution in [3.63, 3.8) is 0 Å². The monoisotopic (exact) mass is 338 g/mol. The van der Waals surface area contributed by atoms with Crippen molar-refractivity contribution in [2.24, 2.45) is 5.92 Å². The van der Waals surface area contributed by atoms with Crippen LogP contribution in [0.5, 0.6) is 0 Å². The first-order valence-electron chi connectivity index (χ1n) is 5.68. The molecule has 1 amide bonds. The Bertz CT molecular complexity index is 505. The van der Waals surface area contributed by atoms with E-state index in [0.717, 1.165) is 9.88 Å². The highest BCUT2D eigenvalue weighted by molar-refractivity contribution is 7.12. The van der Waals surface area contributed by atoms with Crippen LogP contribution in [0.1, 0.15) is 16.3 Å². The molecule has 0 spiro atoms. The van der Waals surface area contributed by atoms with Crippen molar-refractivity contribution < 1.29 is 14.7 Å². The van der Waals surface area contributed by atoms with Crippen LogP contribution in [0.3, 0.4) is 0 Å². The lowest BCUT2D eigenvalue weighted by Gasteiger charge is -2.12. The molecule has 1 fully saturated rings. The first-order chi connectivity index (χ1) is 8.56. The van der Waals surface area contributed by atoms with Crippen LogP contribution in [-0.4, -0.2) is 40.0 Å². The molecule has 1 aromatic heterocycles. The van der Waals surface area contributed by atoms with Crippen LogP contribution in [0.4, 0.5) is 0 Å². The molecule has 20 heavy (non-hydrogen) atoms. The minimum atomic E-state index is -0.827. The van der Waals surface area contributed by atoms with Crippen LogP contribution in [-0.2, 0) is 9.59 Å². The fourth-order valence-electron chi connectivity index (χ4n) is 1.88. The number of carboxylic acid groups (broad SMARTS) is 1. The summed E-state index contributed by atoms with van der Waals surface area (Å²) in [6.07, 6.45) is 5.46. The van der Waals surface area contributed by atoms with E-state index < -0.39 is 11.9 Å². The van der Waals surface area contributed by atoms with E-state index in [1.165, 1.54) is 17.4 Å². The average Bonchev–Trinajstić information content (AvgIpc) is 2.94. The number of hydrogen-bond acceptors (Lipinski definition) is 4. The minimum absolute atomic E-state index is 0. The van der Waals surface area contributed by atoms with Crippen molar-refractivity contribution >= 4 is 54.1 Å². The van der Waals surface area contributed by atoms with E-state index >= 15 is 0 Å².